The van der Waals surface area contributed by atoms with Gasteiger partial charge in [0.25, 0.3) is 0 Å². The average molecular weight is 392 g/mol. The fourth-order valence-corrected chi connectivity index (χ4v) is 4.44. The van der Waals surface area contributed by atoms with Gasteiger partial charge in [-0.25, -0.2) is 4.79 Å². The van der Waals surface area contributed by atoms with E-state index in [1.54, 1.807) is 4.90 Å². The Morgan fingerprint density at radius 1 is 1.37 bits per heavy atom. The lowest BCUT2D eigenvalue weighted by atomic mass is 10.0. The predicted molar refractivity (Wildman–Crippen MR) is 108 cm³/mol. The Labute approximate surface area is 164 Å². The summed E-state index contributed by atoms with van der Waals surface area (Å²) in [5.74, 6) is 1.88. The van der Waals surface area contributed by atoms with Gasteiger partial charge in [0, 0.05) is 35.1 Å². The maximum atomic E-state index is 11.7. The molecule has 0 bridgehead atoms. The molecule has 2 aromatic heterocycles. The van der Waals surface area contributed by atoms with E-state index in [4.69, 9.17) is 5.10 Å². The second-order valence-electron chi connectivity index (χ2n) is 8.49. The first-order valence-corrected chi connectivity index (χ1v) is 10.3. The average Bonchev–Trinajstić information content (AvgIpc) is 3.26. The van der Waals surface area contributed by atoms with Gasteiger partial charge >= 0.3 is 6.09 Å². The number of carboxylic acid groups (broad SMARTS) is 1. The minimum Gasteiger partial charge on any atom is -0.465 e. The summed E-state index contributed by atoms with van der Waals surface area (Å²) >= 11 is 1.40. The summed E-state index contributed by atoms with van der Waals surface area (Å²) in [5, 5.41) is 19.6. The van der Waals surface area contributed by atoms with E-state index in [1.807, 2.05) is 25.3 Å². The van der Waals surface area contributed by atoms with E-state index in [0.717, 1.165) is 36.6 Å². The summed E-state index contributed by atoms with van der Waals surface area (Å²) in [6.45, 7) is 10.3. The molecule has 1 aliphatic carbocycles. The van der Waals surface area contributed by atoms with Crippen molar-refractivity contribution >= 4 is 29.3 Å². The molecule has 2 N–H and O–H groups in total. The highest BCUT2D eigenvalue weighted by Gasteiger charge is 2.36. The third-order valence-electron chi connectivity index (χ3n) is 5.06. The highest BCUT2D eigenvalue weighted by Crippen LogP contribution is 2.40. The van der Waals surface area contributed by atoms with Crippen molar-refractivity contribution in [3.8, 4) is 0 Å². The van der Waals surface area contributed by atoms with E-state index in [0.29, 0.717) is 5.92 Å². The van der Waals surface area contributed by atoms with Crippen LogP contribution in [0.1, 0.15) is 65.5 Å². The van der Waals surface area contributed by atoms with Gasteiger partial charge < -0.3 is 15.3 Å². The molecule has 8 heteroatoms. The van der Waals surface area contributed by atoms with Crippen LogP contribution < -0.4 is 5.32 Å². The molecule has 1 fully saturated rings. The van der Waals surface area contributed by atoms with Crippen LogP contribution in [-0.2, 0) is 5.54 Å². The van der Waals surface area contributed by atoms with E-state index in [1.165, 1.54) is 11.5 Å². The van der Waals surface area contributed by atoms with Crippen LogP contribution in [0.2, 0.25) is 0 Å². The van der Waals surface area contributed by atoms with Gasteiger partial charge in [0.1, 0.15) is 5.82 Å². The minimum atomic E-state index is -0.828. The molecule has 7 nitrogen and oxygen atoms in total. The minimum absolute atomic E-state index is 0.0133. The molecule has 27 heavy (non-hydrogen) atoms. The summed E-state index contributed by atoms with van der Waals surface area (Å²) in [6.07, 6.45) is 1.87. The van der Waals surface area contributed by atoms with Crippen molar-refractivity contribution in [1.29, 1.82) is 0 Å². The van der Waals surface area contributed by atoms with Gasteiger partial charge in [-0.1, -0.05) is 0 Å². The molecule has 3 rings (SSSR count). The lowest BCUT2D eigenvalue weighted by Gasteiger charge is -2.30. The van der Waals surface area contributed by atoms with Gasteiger partial charge in [-0.05, 0) is 71.5 Å². The third kappa shape index (κ3) is 4.26. The van der Waals surface area contributed by atoms with Crippen LogP contribution in [0.25, 0.3) is 0 Å². The highest BCUT2D eigenvalue weighted by molar-refractivity contribution is 7.03. The molecule has 0 radical (unpaired) electrons. The summed E-state index contributed by atoms with van der Waals surface area (Å²) in [5.41, 5.74) is 1.01. The Hall–Kier alpha value is -2.09. The highest BCUT2D eigenvalue weighted by atomic mass is 32.1. The molecule has 2 unspecified atom stereocenters. The number of amides is 1. The van der Waals surface area contributed by atoms with Crippen molar-refractivity contribution in [2.45, 2.75) is 77.4 Å². The Balaban J connectivity index is 1.85. The Morgan fingerprint density at radius 3 is 2.67 bits per heavy atom. The maximum absolute atomic E-state index is 11.7. The molecule has 0 saturated heterocycles. The summed E-state index contributed by atoms with van der Waals surface area (Å²) < 4.78 is 6.37. The first-order valence-electron chi connectivity index (χ1n) is 9.46. The number of hydrogen-bond donors (Lipinski definition) is 2. The smallest absolute Gasteiger partial charge is 0.407 e. The van der Waals surface area contributed by atoms with Gasteiger partial charge in [0.2, 0.25) is 0 Å². The maximum Gasteiger partial charge on any atom is 0.407 e. The lowest BCUT2D eigenvalue weighted by molar-refractivity contribution is 0.108. The van der Waals surface area contributed by atoms with Gasteiger partial charge in [-0.15, -0.1) is 0 Å². The molecule has 1 aliphatic rings. The van der Waals surface area contributed by atoms with Crippen molar-refractivity contribution in [2.75, 3.05) is 5.32 Å². The summed E-state index contributed by atoms with van der Waals surface area (Å²) in [6, 6.07) is 4.07. The zero-order chi connectivity index (χ0) is 19.8. The molecule has 1 saturated carbocycles. The van der Waals surface area contributed by atoms with Crippen LogP contribution in [0.5, 0.6) is 0 Å². The quantitative estimate of drug-likeness (QED) is 0.760. The zero-order valence-corrected chi connectivity index (χ0v) is 17.5. The monoisotopic (exact) mass is 391 g/mol. The SMILES string of the molecule is CC(C)N(C(=O)O)C1CCC(c2cc(Nc3ccsn3)nn2C(C)(C)C)C1. The zero-order valence-electron chi connectivity index (χ0n) is 16.6. The standard InChI is InChI=1S/C19H29N5O2S/c1-12(2)23(18(25)26)14-7-6-13(10-14)15-11-17(20-16-8-9-27-22-16)21-24(15)19(3,4)5/h8-9,11-14H,6-7,10H2,1-5H3,(H,25,26)(H,20,21,22). The van der Waals surface area contributed by atoms with E-state index < -0.39 is 6.09 Å². The third-order valence-corrected chi connectivity index (χ3v) is 5.62. The molecule has 2 aromatic rings. The van der Waals surface area contributed by atoms with Crippen molar-refractivity contribution in [3.05, 3.63) is 23.2 Å². The molecule has 148 valence electrons. The number of aromatic nitrogens is 3. The number of nitrogens with one attached hydrogen (secondary N) is 1. The molecule has 0 aromatic carbocycles. The molecule has 2 heterocycles. The molecule has 0 aliphatic heterocycles. The van der Waals surface area contributed by atoms with Gasteiger partial charge in [-0.2, -0.15) is 9.47 Å². The Kier molecular flexibility index (Phi) is 5.46. The second kappa shape index (κ2) is 7.50. The van der Waals surface area contributed by atoms with Gasteiger partial charge in [0.15, 0.2) is 5.82 Å². The first-order chi connectivity index (χ1) is 12.7. The van der Waals surface area contributed by atoms with E-state index >= 15 is 0 Å². The molecular formula is C19H29N5O2S. The van der Waals surface area contributed by atoms with Crippen LogP contribution in [0.3, 0.4) is 0 Å². The fourth-order valence-electron chi connectivity index (χ4n) is 3.97. The van der Waals surface area contributed by atoms with Crippen LogP contribution >= 0.6 is 11.5 Å². The molecule has 0 spiro atoms. The van der Waals surface area contributed by atoms with E-state index in [2.05, 4.69) is 41.2 Å². The fraction of sp³-hybridized carbons (Fsp3) is 0.632. The molecule has 1 amide bonds. The van der Waals surface area contributed by atoms with Crippen LogP contribution in [0.15, 0.2) is 17.5 Å². The number of carbonyl (C=O) groups is 1. The largest absolute Gasteiger partial charge is 0.465 e. The Morgan fingerprint density at radius 2 is 2.11 bits per heavy atom. The van der Waals surface area contributed by atoms with Gasteiger partial charge in [0.05, 0.1) is 5.54 Å². The van der Waals surface area contributed by atoms with E-state index in [-0.39, 0.29) is 17.6 Å². The van der Waals surface area contributed by atoms with Crippen molar-refractivity contribution in [3.63, 3.8) is 0 Å². The first kappa shape index (κ1) is 19.7. The molecular weight excluding hydrogens is 362 g/mol. The van der Waals surface area contributed by atoms with Crippen LogP contribution in [0, 0.1) is 0 Å². The number of rotatable bonds is 5. The van der Waals surface area contributed by atoms with Crippen molar-refractivity contribution in [1.82, 2.24) is 19.1 Å². The normalized spacial score (nSPS) is 20.2. The predicted octanol–water partition coefficient (Wildman–Crippen LogP) is 4.86. The van der Waals surface area contributed by atoms with Crippen LogP contribution in [-0.4, -0.2) is 42.3 Å². The number of anilines is 2. The van der Waals surface area contributed by atoms with Crippen molar-refractivity contribution < 1.29 is 9.90 Å². The number of nitrogens with zero attached hydrogens (tertiary/aromatic N) is 4. The summed E-state index contributed by atoms with van der Waals surface area (Å²) in [4.78, 5) is 13.3. The van der Waals surface area contributed by atoms with Crippen LogP contribution in [0.4, 0.5) is 16.4 Å². The topological polar surface area (TPSA) is 83.3 Å². The van der Waals surface area contributed by atoms with Gasteiger partial charge in [-0.3, -0.25) is 4.68 Å². The Bertz CT molecular complexity index is 779. The second-order valence-corrected chi connectivity index (χ2v) is 9.16. The molecule has 2 atom stereocenters. The number of hydrogen-bond acceptors (Lipinski definition) is 5. The van der Waals surface area contributed by atoms with E-state index in [9.17, 15) is 9.90 Å². The van der Waals surface area contributed by atoms with Crippen molar-refractivity contribution in [2.24, 2.45) is 0 Å². The summed E-state index contributed by atoms with van der Waals surface area (Å²) in [7, 11) is 0. The lowest BCUT2D eigenvalue weighted by Crippen LogP contribution is -2.42.